The third-order valence-corrected chi connectivity index (χ3v) is 3.58. The summed E-state index contributed by atoms with van der Waals surface area (Å²) in [6.45, 7) is 4.08. The third kappa shape index (κ3) is 2.23. The number of nitrogens with zero attached hydrogens (tertiary/aromatic N) is 2. The molecule has 0 aliphatic carbocycles. The molecule has 0 unspecified atom stereocenters. The minimum Gasteiger partial charge on any atom is -0.329 e. The SMILES string of the molecule is CC(C)n1cc(C=O)c2c(-c3ccc(F)cc3)ccnc21. The zero-order valence-electron chi connectivity index (χ0n) is 11.9. The summed E-state index contributed by atoms with van der Waals surface area (Å²) in [6.07, 6.45) is 4.38. The number of carbonyl (C=O) groups is 1. The number of halogens is 1. The van der Waals surface area contributed by atoms with Gasteiger partial charge in [0.15, 0.2) is 6.29 Å². The van der Waals surface area contributed by atoms with Gasteiger partial charge in [-0.2, -0.15) is 0 Å². The van der Waals surface area contributed by atoms with Gasteiger partial charge in [0.05, 0.1) is 0 Å². The molecule has 3 aromatic rings. The Balaban J connectivity index is 2.33. The molecule has 106 valence electrons. The molecule has 0 saturated carbocycles. The Bertz CT molecular complexity index is 804. The molecule has 0 aliphatic rings. The number of aldehydes is 1. The van der Waals surface area contributed by atoms with Gasteiger partial charge < -0.3 is 4.57 Å². The first kappa shape index (κ1) is 13.5. The smallest absolute Gasteiger partial charge is 0.152 e. The number of pyridine rings is 1. The van der Waals surface area contributed by atoms with Crippen LogP contribution in [0.3, 0.4) is 0 Å². The predicted molar refractivity (Wildman–Crippen MR) is 80.9 cm³/mol. The number of benzene rings is 1. The van der Waals surface area contributed by atoms with Crippen molar-refractivity contribution in [3.05, 3.63) is 54.1 Å². The van der Waals surface area contributed by atoms with Crippen LogP contribution in [0.25, 0.3) is 22.2 Å². The van der Waals surface area contributed by atoms with Crippen LogP contribution in [-0.4, -0.2) is 15.8 Å². The summed E-state index contributed by atoms with van der Waals surface area (Å²) in [5.41, 5.74) is 3.13. The first-order chi connectivity index (χ1) is 10.1. The highest BCUT2D eigenvalue weighted by Gasteiger charge is 2.15. The standard InChI is InChI=1S/C17H15FN2O/c1-11(2)20-9-13(10-21)16-15(7-8-19-17(16)20)12-3-5-14(18)6-4-12/h3-11H,1-2H3. The molecule has 3 rings (SSSR count). The van der Waals surface area contributed by atoms with Crippen molar-refractivity contribution in [3.63, 3.8) is 0 Å². The Kier molecular flexibility index (Phi) is 3.29. The van der Waals surface area contributed by atoms with Crippen molar-refractivity contribution in [2.45, 2.75) is 19.9 Å². The molecule has 4 heteroatoms. The fourth-order valence-electron chi connectivity index (χ4n) is 2.56. The summed E-state index contributed by atoms with van der Waals surface area (Å²) in [4.78, 5) is 15.8. The normalized spacial score (nSPS) is 11.2. The van der Waals surface area contributed by atoms with E-state index in [4.69, 9.17) is 0 Å². The minimum absolute atomic E-state index is 0.206. The molecular weight excluding hydrogens is 267 g/mol. The number of fused-ring (bicyclic) bond motifs is 1. The maximum Gasteiger partial charge on any atom is 0.152 e. The maximum absolute atomic E-state index is 13.1. The Hall–Kier alpha value is -2.49. The lowest BCUT2D eigenvalue weighted by Gasteiger charge is -2.09. The lowest BCUT2D eigenvalue weighted by Crippen LogP contribution is -1.99. The lowest BCUT2D eigenvalue weighted by atomic mass is 10.0. The van der Waals surface area contributed by atoms with Gasteiger partial charge in [0.25, 0.3) is 0 Å². The Morgan fingerprint density at radius 3 is 2.52 bits per heavy atom. The van der Waals surface area contributed by atoms with E-state index in [1.807, 2.05) is 30.7 Å². The molecule has 1 aromatic carbocycles. The average molecular weight is 282 g/mol. The van der Waals surface area contributed by atoms with E-state index < -0.39 is 0 Å². The Labute approximate surface area is 122 Å². The predicted octanol–water partition coefficient (Wildman–Crippen LogP) is 4.24. The molecular formula is C17H15FN2O. The van der Waals surface area contributed by atoms with Crippen LogP contribution in [0.1, 0.15) is 30.2 Å². The van der Waals surface area contributed by atoms with Gasteiger partial charge in [-0.25, -0.2) is 9.37 Å². The van der Waals surface area contributed by atoms with Gasteiger partial charge >= 0.3 is 0 Å². The minimum atomic E-state index is -0.278. The summed E-state index contributed by atoms with van der Waals surface area (Å²) in [5, 5.41) is 0.813. The van der Waals surface area contributed by atoms with Crippen LogP contribution in [0.2, 0.25) is 0 Å². The van der Waals surface area contributed by atoms with Gasteiger partial charge in [0, 0.05) is 29.4 Å². The van der Waals surface area contributed by atoms with Crippen molar-refractivity contribution in [1.29, 1.82) is 0 Å². The summed E-state index contributed by atoms with van der Waals surface area (Å²) in [7, 11) is 0. The zero-order chi connectivity index (χ0) is 15.0. The molecule has 0 atom stereocenters. The highest BCUT2D eigenvalue weighted by molar-refractivity contribution is 6.04. The second-order valence-corrected chi connectivity index (χ2v) is 5.27. The molecule has 0 bridgehead atoms. The van der Waals surface area contributed by atoms with Gasteiger partial charge in [-0.1, -0.05) is 12.1 Å². The van der Waals surface area contributed by atoms with Gasteiger partial charge in [-0.15, -0.1) is 0 Å². The number of aromatic nitrogens is 2. The summed E-state index contributed by atoms with van der Waals surface area (Å²) in [5.74, 6) is -0.278. The van der Waals surface area contributed by atoms with E-state index >= 15 is 0 Å². The van der Waals surface area contributed by atoms with Crippen LogP contribution in [0, 0.1) is 5.82 Å². The van der Waals surface area contributed by atoms with E-state index in [-0.39, 0.29) is 11.9 Å². The summed E-state index contributed by atoms with van der Waals surface area (Å²) in [6, 6.07) is 8.32. The van der Waals surface area contributed by atoms with Crippen molar-refractivity contribution in [3.8, 4) is 11.1 Å². The first-order valence-electron chi connectivity index (χ1n) is 6.82. The highest BCUT2D eigenvalue weighted by Crippen LogP contribution is 2.32. The van der Waals surface area contributed by atoms with Gasteiger partial charge in [0.2, 0.25) is 0 Å². The van der Waals surface area contributed by atoms with Crippen molar-refractivity contribution in [1.82, 2.24) is 9.55 Å². The van der Waals surface area contributed by atoms with Crippen LogP contribution < -0.4 is 0 Å². The number of rotatable bonds is 3. The quantitative estimate of drug-likeness (QED) is 0.674. The monoisotopic (exact) mass is 282 g/mol. The van der Waals surface area contributed by atoms with Gasteiger partial charge in [-0.05, 0) is 43.2 Å². The molecule has 0 amide bonds. The fraction of sp³-hybridized carbons (Fsp3) is 0.176. The van der Waals surface area contributed by atoms with Crippen LogP contribution in [0.4, 0.5) is 4.39 Å². The number of hydrogen-bond acceptors (Lipinski definition) is 2. The highest BCUT2D eigenvalue weighted by atomic mass is 19.1. The second-order valence-electron chi connectivity index (χ2n) is 5.27. The maximum atomic E-state index is 13.1. The molecule has 2 heterocycles. The molecule has 21 heavy (non-hydrogen) atoms. The van der Waals surface area contributed by atoms with Crippen molar-refractivity contribution >= 4 is 17.3 Å². The van der Waals surface area contributed by atoms with E-state index in [1.165, 1.54) is 12.1 Å². The molecule has 3 nitrogen and oxygen atoms in total. The molecule has 0 N–H and O–H groups in total. The van der Waals surface area contributed by atoms with Crippen LogP contribution in [-0.2, 0) is 0 Å². The fourth-order valence-corrected chi connectivity index (χ4v) is 2.56. The Morgan fingerprint density at radius 2 is 1.90 bits per heavy atom. The Morgan fingerprint density at radius 1 is 1.19 bits per heavy atom. The average Bonchev–Trinajstić information content (AvgIpc) is 2.87. The van der Waals surface area contributed by atoms with Gasteiger partial charge in [-0.3, -0.25) is 4.79 Å². The van der Waals surface area contributed by atoms with Crippen molar-refractivity contribution in [2.24, 2.45) is 0 Å². The molecule has 0 aliphatic heterocycles. The number of carbonyl (C=O) groups excluding carboxylic acids is 1. The topological polar surface area (TPSA) is 34.9 Å². The molecule has 0 fully saturated rings. The van der Waals surface area contributed by atoms with E-state index in [9.17, 15) is 9.18 Å². The van der Waals surface area contributed by atoms with Crippen molar-refractivity contribution in [2.75, 3.05) is 0 Å². The molecule has 0 spiro atoms. The van der Waals surface area contributed by atoms with Crippen LogP contribution in [0.5, 0.6) is 0 Å². The third-order valence-electron chi connectivity index (χ3n) is 3.58. The lowest BCUT2D eigenvalue weighted by molar-refractivity contribution is 0.112. The molecule has 2 aromatic heterocycles. The van der Waals surface area contributed by atoms with E-state index in [2.05, 4.69) is 4.98 Å². The zero-order valence-corrected chi connectivity index (χ0v) is 11.9. The number of hydrogen-bond donors (Lipinski definition) is 0. The summed E-state index contributed by atoms with van der Waals surface area (Å²) >= 11 is 0. The van der Waals surface area contributed by atoms with E-state index in [0.717, 1.165) is 28.4 Å². The van der Waals surface area contributed by atoms with E-state index in [1.54, 1.807) is 18.3 Å². The second kappa shape index (κ2) is 5.13. The largest absolute Gasteiger partial charge is 0.329 e. The van der Waals surface area contributed by atoms with E-state index in [0.29, 0.717) is 5.56 Å². The van der Waals surface area contributed by atoms with Gasteiger partial charge in [0.1, 0.15) is 11.5 Å². The van der Waals surface area contributed by atoms with Crippen LogP contribution in [0.15, 0.2) is 42.7 Å². The molecule has 0 saturated heterocycles. The van der Waals surface area contributed by atoms with Crippen LogP contribution >= 0.6 is 0 Å². The summed E-state index contributed by atoms with van der Waals surface area (Å²) < 4.78 is 15.1. The van der Waals surface area contributed by atoms with Crippen molar-refractivity contribution < 1.29 is 9.18 Å². The molecule has 0 radical (unpaired) electrons. The first-order valence-corrected chi connectivity index (χ1v) is 6.82.